The Morgan fingerprint density at radius 1 is 1.33 bits per heavy atom. The van der Waals surface area contributed by atoms with Gasteiger partial charge in [-0.25, -0.2) is 0 Å². The van der Waals surface area contributed by atoms with E-state index >= 15 is 0 Å². The van der Waals surface area contributed by atoms with E-state index in [1.54, 1.807) is 11.9 Å². The maximum atomic E-state index is 13.0. The molecule has 0 aromatic heterocycles. The number of aliphatic hydroxyl groups is 1. The van der Waals surface area contributed by atoms with Gasteiger partial charge in [0.1, 0.15) is 5.54 Å². The van der Waals surface area contributed by atoms with Crippen LogP contribution in [0.1, 0.15) is 39.5 Å². The zero-order valence-electron chi connectivity index (χ0n) is 15.4. The smallest absolute Gasteiger partial charge is 0.240 e. The van der Waals surface area contributed by atoms with Crippen molar-refractivity contribution in [3.63, 3.8) is 0 Å². The summed E-state index contributed by atoms with van der Waals surface area (Å²) in [5, 5.41) is 18.8. The molecule has 0 unspecified atom stereocenters. The van der Waals surface area contributed by atoms with Crippen molar-refractivity contribution >= 4 is 5.91 Å². The Labute approximate surface area is 146 Å². The number of carbonyl (C=O) groups excluding carboxylic acids is 1. The number of nitriles is 1. The number of likely N-dealkylation sites (N-methyl/N-ethyl adjacent to an activating group) is 1. The number of amides is 1. The van der Waals surface area contributed by atoms with Crippen LogP contribution in [0.5, 0.6) is 0 Å². The van der Waals surface area contributed by atoms with E-state index in [9.17, 15) is 10.1 Å². The summed E-state index contributed by atoms with van der Waals surface area (Å²) in [6.45, 7) is 8.47. The molecule has 2 fully saturated rings. The molecule has 24 heavy (non-hydrogen) atoms. The Bertz CT molecular complexity index is 460. The molecule has 0 bridgehead atoms. The second-order valence-corrected chi connectivity index (χ2v) is 7.50. The predicted octanol–water partition coefficient (Wildman–Crippen LogP) is 0.916. The number of hydrogen-bond donors (Lipinski definition) is 1. The van der Waals surface area contributed by atoms with E-state index in [2.05, 4.69) is 22.8 Å². The highest BCUT2D eigenvalue weighted by atomic mass is 16.3. The van der Waals surface area contributed by atoms with Gasteiger partial charge < -0.3 is 10.0 Å². The molecule has 1 N–H and O–H groups in total. The molecule has 6 nitrogen and oxygen atoms in total. The average molecular weight is 336 g/mol. The molecular formula is C18H32N4O2. The minimum atomic E-state index is -0.628. The minimum Gasteiger partial charge on any atom is -0.395 e. The van der Waals surface area contributed by atoms with Crippen LogP contribution >= 0.6 is 0 Å². The van der Waals surface area contributed by atoms with Crippen LogP contribution < -0.4 is 0 Å². The first-order chi connectivity index (χ1) is 11.4. The second kappa shape index (κ2) is 8.28. The molecule has 2 rings (SSSR count). The van der Waals surface area contributed by atoms with Crippen molar-refractivity contribution in [1.82, 2.24) is 14.7 Å². The predicted molar refractivity (Wildman–Crippen MR) is 93.3 cm³/mol. The Kier molecular flexibility index (Phi) is 6.62. The molecule has 1 aliphatic heterocycles. The summed E-state index contributed by atoms with van der Waals surface area (Å²) in [6.07, 6.45) is 3.59. The third-order valence-electron chi connectivity index (χ3n) is 6.01. The van der Waals surface area contributed by atoms with Crippen LogP contribution in [-0.4, -0.2) is 83.7 Å². The quantitative estimate of drug-likeness (QED) is 0.808. The summed E-state index contributed by atoms with van der Waals surface area (Å²) in [5.74, 6) is 0.703. The number of rotatable bonds is 5. The third kappa shape index (κ3) is 4.08. The summed E-state index contributed by atoms with van der Waals surface area (Å²) >= 11 is 0. The van der Waals surface area contributed by atoms with Gasteiger partial charge in [-0.15, -0.1) is 0 Å². The molecule has 6 heteroatoms. The van der Waals surface area contributed by atoms with Crippen LogP contribution in [0.4, 0.5) is 0 Å². The topological polar surface area (TPSA) is 70.8 Å². The molecule has 0 aromatic rings. The molecule has 1 heterocycles. The highest BCUT2D eigenvalue weighted by Crippen LogP contribution is 2.35. The normalized spacial score (nSPS) is 30.5. The van der Waals surface area contributed by atoms with Gasteiger partial charge in [0.05, 0.1) is 18.7 Å². The van der Waals surface area contributed by atoms with Crippen molar-refractivity contribution in [2.45, 2.75) is 51.1 Å². The van der Waals surface area contributed by atoms with Crippen molar-refractivity contribution in [3.05, 3.63) is 0 Å². The SMILES string of the molecule is CC1CCC(C#N)(N(C)C(=O)[C@H](C)N2CCN(CCO)CC2)CC1. The summed E-state index contributed by atoms with van der Waals surface area (Å²) in [6, 6.07) is 2.25. The summed E-state index contributed by atoms with van der Waals surface area (Å²) in [7, 11) is 1.81. The van der Waals surface area contributed by atoms with Gasteiger partial charge in [0.2, 0.25) is 5.91 Å². The first kappa shape index (κ1) is 19.2. The minimum absolute atomic E-state index is 0.0571. The second-order valence-electron chi connectivity index (χ2n) is 7.50. The van der Waals surface area contributed by atoms with Crippen molar-refractivity contribution < 1.29 is 9.90 Å². The van der Waals surface area contributed by atoms with Crippen LogP contribution in [-0.2, 0) is 4.79 Å². The van der Waals surface area contributed by atoms with Crippen LogP contribution in [0.3, 0.4) is 0 Å². The molecule has 1 atom stereocenters. The molecule has 1 saturated heterocycles. The summed E-state index contributed by atoms with van der Waals surface area (Å²) in [4.78, 5) is 19.1. The van der Waals surface area contributed by atoms with Gasteiger partial charge in [-0.2, -0.15) is 5.26 Å². The van der Waals surface area contributed by atoms with Gasteiger partial charge >= 0.3 is 0 Å². The Morgan fingerprint density at radius 3 is 2.42 bits per heavy atom. The molecular weight excluding hydrogens is 304 g/mol. The van der Waals surface area contributed by atoms with E-state index in [1.807, 2.05) is 6.92 Å². The van der Waals surface area contributed by atoms with E-state index < -0.39 is 5.54 Å². The van der Waals surface area contributed by atoms with Crippen molar-refractivity contribution in [1.29, 1.82) is 5.26 Å². The first-order valence-corrected chi connectivity index (χ1v) is 9.19. The lowest BCUT2D eigenvalue weighted by Crippen LogP contribution is -2.58. The van der Waals surface area contributed by atoms with Gasteiger partial charge in [-0.05, 0) is 38.5 Å². The molecule has 1 amide bonds. The number of β-amino-alcohol motifs (C(OH)–C–C–N with tert-alkyl or cyclic N) is 1. The van der Waals surface area contributed by atoms with Crippen molar-refractivity contribution in [2.75, 3.05) is 46.4 Å². The molecule has 1 saturated carbocycles. The standard InChI is InChI=1S/C18H32N4O2/c1-15-4-6-18(14-19,7-5-15)20(3)17(24)16(2)22-10-8-21(9-11-22)12-13-23/h15-16,23H,4-13H2,1-3H3/t15?,16-,18?/m0/s1. The van der Waals surface area contributed by atoms with Crippen molar-refractivity contribution in [2.24, 2.45) is 5.92 Å². The number of piperazine rings is 1. The number of nitrogens with zero attached hydrogens (tertiary/aromatic N) is 4. The van der Waals surface area contributed by atoms with Gasteiger partial charge in [0.25, 0.3) is 0 Å². The fraction of sp³-hybridized carbons (Fsp3) is 0.889. The Hall–Kier alpha value is -1.16. The fourth-order valence-electron chi connectivity index (χ4n) is 3.92. The Morgan fingerprint density at radius 2 is 1.92 bits per heavy atom. The maximum Gasteiger partial charge on any atom is 0.240 e. The highest BCUT2D eigenvalue weighted by molar-refractivity contribution is 5.82. The Balaban J connectivity index is 1.96. The molecule has 2 aliphatic rings. The van der Waals surface area contributed by atoms with E-state index in [0.29, 0.717) is 12.5 Å². The zero-order chi connectivity index (χ0) is 17.7. The van der Waals surface area contributed by atoms with Gasteiger partial charge in [0, 0.05) is 39.8 Å². The summed E-state index contributed by atoms with van der Waals surface area (Å²) in [5.41, 5.74) is -0.628. The maximum absolute atomic E-state index is 13.0. The lowest BCUT2D eigenvalue weighted by molar-refractivity contribution is -0.141. The van der Waals surface area contributed by atoms with Gasteiger partial charge in [-0.3, -0.25) is 14.6 Å². The van der Waals surface area contributed by atoms with Gasteiger partial charge in [0.15, 0.2) is 0 Å². The fourth-order valence-corrected chi connectivity index (χ4v) is 3.92. The molecule has 0 aromatic carbocycles. The highest BCUT2D eigenvalue weighted by Gasteiger charge is 2.42. The number of hydrogen-bond acceptors (Lipinski definition) is 5. The van der Waals surface area contributed by atoms with E-state index in [-0.39, 0.29) is 18.6 Å². The summed E-state index contributed by atoms with van der Waals surface area (Å²) < 4.78 is 0. The van der Waals surface area contributed by atoms with Gasteiger partial charge in [-0.1, -0.05) is 6.92 Å². The van der Waals surface area contributed by atoms with E-state index in [0.717, 1.165) is 51.9 Å². The molecule has 0 radical (unpaired) electrons. The largest absolute Gasteiger partial charge is 0.395 e. The third-order valence-corrected chi connectivity index (χ3v) is 6.01. The lowest BCUT2D eigenvalue weighted by atomic mass is 9.77. The average Bonchev–Trinajstić information content (AvgIpc) is 2.62. The number of aliphatic hydroxyl groups excluding tert-OH is 1. The van der Waals surface area contributed by atoms with E-state index in [4.69, 9.17) is 5.11 Å². The zero-order valence-corrected chi connectivity index (χ0v) is 15.4. The van der Waals surface area contributed by atoms with Crippen LogP contribution in [0.2, 0.25) is 0 Å². The van der Waals surface area contributed by atoms with Crippen LogP contribution in [0.25, 0.3) is 0 Å². The van der Waals surface area contributed by atoms with E-state index in [1.165, 1.54) is 0 Å². The molecule has 136 valence electrons. The molecule has 0 spiro atoms. The first-order valence-electron chi connectivity index (χ1n) is 9.19. The molecule has 1 aliphatic carbocycles. The van der Waals surface area contributed by atoms with Crippen LogP contribution in [0, 0.1) is 17.2 Å². The van der Waals surface area contributed by atoms with Crippen LogP contribution in [0.15, 0.2) is 0 Å². The monoisotopic (exact) mass is 336 g/mol. The van der Waals surface area contributed by atoms with Crippen molar-refractivity contribution in [3.8, 4) is 6.07 Å². The number of carbonyl (C=O) groups is 1. The lowest BCUT2D eigenvalue weighted by Gasteiger charge is -2.44.